The molecule has 10 heteroatoms. The van der Waals surface area contributed by atoms with Gasteiger partial charge in [-0.3, -0.25) is 10.1 Å². The predicted octanol–water partition coefficient (Wildman–Crippen LogP) is 3.74. The largest absolute Gasteiger partial charge is 0.493 e. The minimum atomic E-state index is -0.161. The molecule has 2 aromatic heterocycles. The fraction of sp³-hybridized carbons (Fsp3) is 0.286. The van der Waals surface area contributed by atoms with Crippen LogP contribution in [0.4, 0.5) is 9.93 Å². The number of hydrogen-bond donors (Lipinski definition) is 2. The predicted molar refractivity (Wildman–Crippen MR) is 120 cm³/mol. The first kappa shape index (κ1) is 21.1. The van der Waals surface area contributed by atoms with Crippen LogP contribution in [0.15, 0.2) is 35.7 Å². The van der Waals surface area contributed by atoms with Gasteiger partial charge in [-0.15, -0.1) is 11.3 Å². The quantitative estimate of drug-likeness (QED) is 0.587. The van der Waals surface area contributed by atoms with Crippen LogP contribution in [0.25, 0.3) is 0 Å². The monoisotopic (exact) mass is 458 g/mol. The Labute approximate surface area is 187 Å². The van der Waals surface area contributed by atoms with Crippen LogP contribution in [-0.2, 0) is 19.5 Å². The third-order valence-corrected chi connectivity index (χ3v) is 6.74. The Hall–Kier alpha value is -3.11. The fourth-order valence-electron chi connectivity index (χ4n) is 3.27. The molecule has 0 bridgehead atoms. The van der Waals surface area contributed by atoms with Crippen molar-refractivity contribution in [1.29, 1.82) is 0 Å². The van der Waals surface area contributed by atoms with E-state index >= 15 is 0 Å². The summed E-state index contributed by atoms with van der Waals surface area (Å²) in [7, 11) is 3.17. The molecule has 0 fully saturated rings. The van der Waals surface area contributed by atoms with Crippen molar-refractivity contribution in [2.75, 3.05) is 26.1 Å². The Balaban J connectivity index is 1.34. The van der Waals surface area contributed by atoms with E-state index in [-0.39, 0.29) is 11.9 Å². The van der Waals surface area contributed by atoms with Crippen LogP contribution >= 0.6 is 22.7 Å². The van der Waals surface area contributed by atoms with Crippen LogP contribution in [0.1, 0.15) is 25.8 Å². The molecule has 0 spiro atoms. The molecule has 3 heterocycles. The van der Waals surface area contributed by atoms with Crippen LogP contribution in [-0.4, -0.2) is 42.6 Å². The molecule has 4 rings (SSSR count). The van der Waals surface area contributed by atoms with Crippen molar-refractivity contribution in [1.82, 2.24) is 15.2 Å². The van der Waals surface area contributed by atoms with E-state index in [1.165, 1.54) is 22.7 Å². The topological polar surface area (TPSA) is 92.8 Å². The number of methoxy groups -OCH3 is 2. The zero-order valence-electron chi connectivity index (χ0n) is 17.1. The van der Waals surface area contributed by atoms with E-state index in [0.717, 1.165) is 16.1 Å². The molecule has 8 nitrogen and oxygen atoms in total. The maximum Gasteiger partial charge on any atom is 0.318 e. The van der Waals surface area contributed by atoms with Crippen molar-refractivity contribution in [2.45, 2.75) is 19.5 Å². The lowest BCUT2D eigenvalue weighted by molar-refractivity contribution is 0.103. The number of amides is 3. The summed E-state index contributed by atoms with van der Waals surface area (Å²) in [6.45, 7) is 1.43. The molecule has 1 aliphatic rings. The summed E-state index contributed by atoms with van der Waals surface area (Å²) < 4.78 is 10.6. The molecule has 3 aromatic rings. The maximum absolute atomic E-state index is 12.7. The number of carbonyl (C=O) groups excluding carboxylic acids is 2. The fourth-order valence-corrected chi connectivity index (χ4v) is 4.91. The van der Waals surface area contributed by atoms with Gasteiger partial charge < -0.3 is 19.7 Å². The zero-order chi connectivity index (χ0) is 21.8. The summed E-state index contributed by atoms with van der Waals surface area (Å²) in [4.78, 5) is 32.8. The number of ether oxygens (including phenoxy) is 2. The number of thiophene rings is 1. The Morgan fingerprint density at radius 1 is 1.19 bits per heavy atom. The zero-order valence-corrected chi connectivity index (χ0v) is 18.8. The number of fused-ring (bicyclic) bond motifs is 1. The van der Waals surface area contributed by atoms with E-state index in [1.807, 2.05) is 29.6 Å². The number of rotatable bonds is 6. The lowest BCUT2D eigenvalue weighted by atomic mass is 10.2. The van der Waals surface area contributed by atoms with Gasteiger partial charge in [0.15, 0.2) is 16.6 Å². The summed E-state index contributed by atoms with van der Waals surface area (Å²) in [5.41, 5.74) is 1.86. The maximum atomic E-state index is 12.7. The molecule has 3 amide bonds. The van der Waals surface area contributed by atoms with Gasteiger partial charge in [0.1, 0.15) is 0 Å². The Morgan fingerprint density at radius 2 is 2.03 bits per heavy atom. The van der Waals surface area contributed by atoms with Gasteiger partial charge in [-0.25, -0.2) is 9.78 Å². The molecule has 0 saturated heterocycles. The summed E-state index contributed by atoms with van der Waals surface area (Å²) >= 11 is 2.80. The standard InChI is InChI=1S/C21H22N4O4S2/c1-28-15-6-5-13(10-16(15)29-2)11-22-21(27)25-8-7-14-18(12-25)31-20(23-14)24-19(26)17-4-3-9-30-17/h3-6,9-10H,7-8,11-12H2,1-2H3,(H,22,27)(H,23,24,26). The number of thiazole rings is 1. The first-order chi connectivity index (χ1) is 15.1. The number of nitrogens with zero attached hydrogens (tertiary/aromatic N) is 2. The van der Waals surface area contributed by atoms with Gasteiger partial charge in [0.2, 0.25) is 0 Å². The third-order valence-electron chi connectivity index (χ3n) is 4.88. The highest BCUT2D eigenvalue weighted by atomic mass is 32.1. The minimum absolute atomic E-state index is 0.141. The SMILES string of the molecule is COc1ccc(CNC(=O)N2CCc3nc(NC(=O)c4cccs4)sc3C2)cc1OC. The number of aromatic nitrogens is 1. The van der Waals surface area contributed by atoms with E-state index in [9.17, 15) is 9.59 Å². The number of urea groups is 1. The molecule has 1 aliphatic heterocycles. The Kier molecular flexibility index (Phi) is 6.38. The Bertz CT molecular complexity index is 1080. The van der Waals surface area contributed by atoms with Crippen LogP contribution < -0.4 is 20.1 Å². The molecule has 162 valence electrons. The number of carbonyl (C=O) groups is 2. The van der Waals surface area contributed by atoms with Gasteiger partial charge in [-0.2, -0.15) is 0 Å². The van der Waals surface area contributed by atoms with Gasteiger partial charge in [-0.05, 0) is 29.1 Å². The van der Waals surface area contributed by atoms with Crippen molar-refractivity contribution in [3.8, 4) is 11.5 Å². The highest BCUT2D eigenvalue weighted by Crippen LogP contribution is 2.29. The molecule has 1 aromatic carbocycles. The first-order valence-electron chi connectivity index (χ1n) is 9.64. The molecule has 0 radical (unpaired) electrons. The number of hydrogen-bond acceptors (Lipinski definition) is 7. The molecule has 0 saturated carbocycles. The van der Waals surface area contributed by atoms with Crippen molar-refractivity contribution >= 4 is 39.7 Å². The molecular weight excluding hydrogens is 436 g/mol. The highest BCUT2D eigenvalue weighted by molar-refractivity contribution is 7.16. The minimum Gasteiger partial charge on any atom is -0.493 e. The molecular formula is C21H22N4O4S2. The summed E-state index contributed by atoms with van der Waals surface area (Å²) in [6.07, 6.45) is 0.657. The second-order valence-electron chi connectivity index (χ2n) is 6.84. The smallest absolute Gasteiger partial charge is 0.318 e. The van der Waals surface area contributed by atoms with Gasteiger partial charge in [0.05, 0.1) is 31.3 Å². The van der Waals surface area contributed by atoms with Crippen LogP contribution in [0, 0.1) is 0 Å². The molecule has 0 aliphatic carbocycles. The van der Waals surface area contributed by atoms with Crippen LogP contribution in [0.5, 0.6) is 11.5 Å². The van der Waals surface area contributed by atoms with Crippen molar-refractivity contribution in [3.63, 3.8) is 0 Å². The summed E-state index contributed by atoms with van der Waals surface area (Å²) in [5, 5.41) is 8.23. The van der Waals surface area contributed by atoms with Crippen molar-refractivity contribution < 1.29 is 19.1 Å². The Morgan fingerprint density at radius 3 is 2.77 bits per heavy atom. The second-order valence-corrected chi connectivity index (χ2v) is 8.87. The van der Waals surface area contributed by atoms with Gasteiger partial charge in [-0.1, -0.05) is 23.5 Å². The van der Waals surface area contributed by atoms with Crippen molar-refractivity contribution in [3.05, 3.63) is 56.7 Å². The van der Waals surface area contributed by atoms with E-state index in [0.29, 0.717) is 47.6 Å². The molecule has 2 N–H and O–H groups in total. The lowest BCUT2D eigenvalue weighted by Gasteiger charge is -2.26. The molecule has 31 heavy (non-hydrogen) atoms. The number of benzene rings is 1. The van der Waals surface area contributed by atoms with E-state index < -0.39 is 0 Å². The van der Waals surface area contributed by atoms with Crippen LogP contribution in [0.3, 0.4) is 0 Å². The molecule has 0 atom stereocenters. The second kappa shape index (κ2) is 9.36. The summed E-state index contributed by atoms with van der Waals surface area (Å²) in [5.74, 6) is 1.11. The van der Waals surface area contributed by atoms with E-state index in [4.69, 9.17) is 9.47 Å². The number of nitrogens with one attached hydrogen (secondary N) is 2. The first-order valence-corrected chi connectivity index (χ1v) is 11.3. The van der Waals surface area contributed by atoms with Gasteiger partial charge in [0.25, 0.3) is 5.91 Å². The van der Waals surface area contributed by atoms with Crippen molar-refractivity contribution in [2.24, 2.45) is 0 Å². The van der Waals surface area contributed by atoms with Gasteiger partial charge >= 0.3 is 6.03 Å². The highest BCUT2D eigenvalue weighted by Gasteiger charge is 2.24. The third kappa shape index (κ3) is 4.80. The normalized spacial score (nSPS) is 12.8. The number of anilines is 1. The van der Waals surface area contributed by atoms with Gasteiger partial charge in [0, 0.05) is 24.4 Å². The molecule has 0 unspecified atom stereocenters. The van der Waals surface area contributed by atoms with E-state index in [2.05, 4.69) is 15.6 Å². The van der Waals surface area contributed by atoms with E-state index in [1.54, 1.807) is 25.2 Å². The van der Waals surface area contributed by atoms with Crippen LogP contribution in [0.2, 0.25) is 0 Å². The average Bonchev–Trinajstić information content (AvgIpc) is 3.46. The lowest BCUT2D eigenvalue weighted by Crippen LogP contribution is -2.42. The summed E-state index contributed by atoms with van der Waals surface area (Å²) in [6, 6.07) is 9.03. The average molecular weight is 459 g/mol.